The standard InChI is InChI=1S/3C9H10.C2H6/c1-3-9-6-4-8(2)5-7-9;1-3-9-6-4-5-8(2)7-9;1-3-9-7-5-4-6-8(9)2;1-2/h3*3-7H,1H2,2H3;1-2H3. The van der Waals surface area contributed by atoms with E-state index >= 15 is 0 Å². The van der Waals surface area contributed by atoms with Crippen molar-refractivity contribution in [1.82, 2.24) is 0 Å². The molecule has 0 N–H and O–H groups in total. The summed E-state index contributed by atoms with van der Waals surface area (Å²) in [5, 5.41) is 0. The lowest BCUT2D eigenvalue weighted by Gasteiger charge is -1.95. The van der Waals surface area contributed by atoms with Crippen LogP contribution in [0.1, 0.15) is 47.2 Å². The second-order valence-electron chi connectivity index (χ2n) is 6.29. The van der Waals surface area contributed by atoms with Gasteiger partial charge in [-0.3, -0.25) is 0 Å². The van der Waals surface area contributed by atoms with Gasteiger partial charge in [-0.05, 0) is 43.0 Å². The van der Waals surface area contributed by atoms with Gasteiger partial charge in [-0.25, -0.2) is 0 Å². The molecule has 0 aliphatic heterocycles. The smallest absolute Gasteiger partial charge is 0.0233 e. The minimum absolute atomic E-state index is 1.18. The third-order valence-corrected chi connectivity index (χ3v) is 4.00. The van der Waals surface area contributed by atoms with E-state index < -0.39 is 0 Å². The number of rotatable bonds is 3. The molecule has 3 aromatic carbocycles. The van der Waals surface area contributed by atoms with Gasteiger partial charge in [0, 0.05) is 0 Å². The first kappa shape index (κ1) is 25.9. The van der Waals surface area contributed by atoms with Gasteiger partial charge >= 0.3 is 0 Å². The normalized spacial score (nSPS) is 8.59. The van der Waals surface area contributed by atoms with Crippen LogP contribution in [0.3, 0.4) is 0 Å². The average molecular weight is 385 g/mol. The second kappa shape index (κ2) is 15.9. The van der Waals surface area contributed by atoms with E-state index in [1.165, 1.54) is 33.4 Å². The van der Waals surface area contributed by atoms with Crippen molar-refractivity contribution in [3.63, 3.8) is 0 Å². The summed E-state index contributed by atoms with van der Waals surface area (Å²) in [7, 11) is 0. The molecule has 0 aliphatic rings. The monoisotopic (exact) mass is 384 g/mol. The molecule has 0 unspecified atom stereocenters. The zero-order valence-corrected chi connectivity index (χ0v) is 18.8. The Morgan fingerprint density at radius 2 is 1.14 bits per heavy atom. The number of benzene rings is 3. The zero-order chi connectivity index (χ0) is 22.1. The van der Waals surface area contributed by atoms with Gasteiger partial charge in [0.25, 0.3) is 0 Å². The summed E-state index contributed by atoms with van der Waals surface area (Å²) in [6.45, 7) is 21.3. The van der Waals surface area contributed by atoms with Crippen LogP contribution in [0.15, 0.2) is 92.5 Å². The summed E-state index contributed by atoms with van der Waals surface area (Å²) in [6, 6.07) is 24.7. The van der Waals surface area contributed by atoms with E-state index in [0.717, 1.165) is 0 Å². The number of hydrogen-bond acceptors (Lipinski definition) is 0. The van der Waals surface area contributed by atoms with Crippen LogP contribution in [0.4, 0.5) is 0 Å². The van der Waals surface area contributed by atoms with Crippen molar-refractivity contribution >= 4 is 18.2 Å². The molecule has 0 aromatic heterocycles. The van der Waals surface area contributed by atoms with Crippen molar-refractivity contribution in [2.24, 2.45) is 0 Å². The van der Waals surface area contributed by atoms with Gasteiger partial charge < -0.3 is 0 Å². The van der Waals surface area contributed by atoms with Gasteiger partial charge in [0.1, 0.15) is 0 Å². The van der Waals surface area contributed by atoms with E-state index in [2.05, 4.69) is 89.0 Å². The molecule has 152 valence electrons. The Kier molecular flexibility index (Phi) is 14.2. The molecule has 3 rings (SSSR count). The molecular weight excluding hydrogens is 348 g/mol. The summed E-state index contributed by atoms with van der Waals surface area (Å²) in [4.78, 5) is 0. The maximum atomic E-state index is 3.69. The van der Waals surface area contributed by atoms with E-state index in [9.17, 15) is 0 Å². The summed E-state index contributed by atoms with van der Waals surface area (Å²) in [5.41, 5.74) is 7.45. The van der Waals surface area contributed by atoms with E-state index in [1.807, 2.05) is 56.3 Å². The molecule has 0 saturated heterocycles. The first-order valence-electron chi connectivity index (χ1n) is 10.1. The SMILES string of the molecule is C=Cc1ccc(C)cc1.C=Cc1cccc(C)c1.C=Cc1ccccc1C.CC. The molecule has 0 atom stereocenters. The first-order valence-corrected chi connectivity index (χ1v) is 10.1. The van der Waals surface area contributed by atoms with E-state index in [-0.39, 0.29) is 0 Å². The highest BCUT2D eigenvalue weighted by atomic mass is 13.9. The number of aryl methyl sites for hydroxylation is 3. The molecule has 0 radical (unpaired) electrons. The molecule has 0 heteroatoms. The summed E-state index contributed by atoms with van der Waals surface area (Å²) in [5.74, 6) is 0. The molecule has 29 heavy (non-hydrogen) atoms. The Hall–Kier alpha value is -3.12. The Morgan fingerprint density at radius 1 is 0.552 bits per heavy atom. The summed E-state index contributed by atoms with van der Waals surface area (Å²) in [6.07, 6.45) is 5.57. The van der Waals surface area contributed by atoms with Crippen LogP contribution < -0.4 is 0 Å². The van der Waals surface area contributed by atoms with E-state index in [0.29, 0.717) is 0 Å². The maximum absolute atomic E-state index is 3.69. The highest BCUT2D eigenvalue weighted by molar-refractivity contribution is 5.51. The van der Waals surface area contributed by atoms with E-state index in [1.54, 1.807) is 0 Å². The van der Waals surface area contributed by atoms with Crippen molar-refractivity contribution in [3.8, 4) is 0 Å². The Labute approximate surface area is 179 Å². The number of hydrogen-bond donors (Lipinski definition) is 0. The third-order valence-electron chi connectivity index (χ3n) is 4.00. The molecule has 0 heterocycles. The predicted octanol–water partition coefficient (Wildman–Crippen LogP) is 8.94. The quantitative estimate of drug-likeness (QED) is 0.423. The topological polar surface area (TPSA) is 0 Å². The molecule has 0 bridgehead atoms. The van der Waals surface area contributed by atoms with Crippen LogP contribution in [0.5, 0.6) is 0 Å². The lowest BCUT2D eigenvalue weighted by molar-refractivity contribution is 1.45. The van der Waals surface area contributed by atoms with Crippen LogP contribution in [-0.2, 0) is 0 Å². The van der Waals surface area contributed by atoms with Gasteiger partial charge in [0.05, 0.1) is 0 Å². The maximum Gasteiger partial charge on any atom is -0.0233 e. The van der Waals surface area contributed by atoms with Crippen LogP contribution in [-0.4, -0.2) is 0 Å². The predicted molar refractivity (Wildman–Crippen MR) is 135 cm³/mol. The van der Waals surface area contributed by atoms with Crippen molar-refractivity contribution < 1.29 is 0 Å². The van der Waals surface area contributed by atoms with Gasteiger partial charge in [0.15, 0.2) is 0 Å². The molecule has 0 aliphatic carbocycles. The first-order chi connectivity index (χ1) is 14.0. The fourth-order valence-corrected chi connectivity index (χ4v) is 2.32. The molecule has 3 aromatic rings. The highest BCUT2D eigenvalue weighted by Gasteiger charge is 1.87. The van der Waals surface area contributed by atoms with Gasteiger partial charge in [-0.1, -0.05) is 136 Å². The minimum atomic E-state index is 1.18. The fraction of sp³-hybridized carbons (Fsp3) is 0.172. The Morgan fingerprint density at radius 3 is 1.55 bits per heavy atom. The van der Waals surface area contributed by atoms with E-state index in [4.69, 9.17) is 0 Å². The molecule has 0 saturated carbocycles. The molecule has 0 nitrogen and oxygen atoms in total. The summed E-state index contributed by atoms with van der Waals surface area (Å²) >= 11 is 0. The molecular formula is C29H36. The summed E-state index contributed by atoms with van der Waals surface area (Å²) < 4.78 is 0. The zero-order valence-electron chi connectivity index (χ0n) is 18.8. The van der Waals surface area contributed by atoms with Crippen LogP contribution in [0.2, 0.25) is 0 Å². The molecule has 0 amide bonds. The largest absolute Gasteiger partial charge is 0.0985 e. The molecule has 0 spiro atoms. The Bertz CT molecular complexity index is 851. The lowest BCUT2D eigenvalue weighted by atomic mass is 10.1. The van der Waals surface area contributed by atoms with Gasteiger partial charge in [0.2, 0.25) is 0 Å². The fourth-order valence-electron chi connectivity index (χ4n) is 2.32. The second-order valence-corrected chi connectivity index (χ2v) is 6.29. The van der Waals surface area contributed by atoms with Crippen LogP contribution >= 0.6 is 0 Å². The van der Waals surface area contributed by atoms with Crippen molar-refractivity contribution in [1.29, 1.82) is 0 Å². The van der Waals surface area contributed by atoms with Crippen LogP contribution in [0.25, 0.3) is 18.2 Å². The average Bonchev–Trinajstić information content (AvgIpc) is 2.77. The van der Waals surface area contributed by atoms with Gasteiger partial charge in [-0.15, -0.1) is 0 Å². The van der Waals surface area contributed by atoms with Crippen LogP contribution in [0, 0.1) is 20.8 Å². The lowest BCUT2D eigenvalue weighted by Crippen LogP contribution is -1.75. The van der Waals surface area contributed by atoms with Crippen molar-refractivity contribution in [3.05, 3.63) is 126 Å². The van der Waals surface area contributed by atoms with Gasteiger partial charge in [-0.2, -0.15) is 0 Å². The van der Waals surface area contributed by atoms with Crippen molar-refractivity contribution in [2.45, 2.75) is 34.6 Å². The Balaban J connectivity index is 0.000000388. The third kappa shape index (κ3) is 11.3. The van der Waals surface area contributed by atoms with Crippen molar-refractivity contribution in [2.75, 3.05) is 0 Å². The molecule has 0 fully saturated rings. The minimum Gasteiger partial charge on any atom is -0.0985 e. The highest BCUT2D eigenvalue weighted by Crippen LogP contribution is 2.07.